The van der Waals surface area contributed by atoms with Gasteiger partial charge in [-0.05, 0) is 86.6 Å². The third kappa shape index (κ3) is 10.3. The van der Waals surface area contributed by atoms with Gasteiger partial charge in [-0.15, -0.1) is 0 Å². The molecule has 22 heteroatoms. The number of pyridine rings is 4. The molecule has 0 aliphatic heterocycles. The molecule has 0 unspecified atom stereocenters. The summed E-state index contributed by atoms with van der Waals surface area (Å²) in [4.78, 5) is 56.6. The van der Waals surface area contributed by atoms with Crippen LogP contribution in [0.25, 0.3) is 45.3 Å². The van der Waals surface area contributed by atoms with E-state index in [2.05, 4.69) is 40.5 Å². The zero-order valence-electron chi connectivity index (χ0n) is 34.8. The van der Waals surface area contributed by atoms with Crippen LogP contribution in [-0.4, -0.2) is 75.9 Å². The van der Waals surface area contributed by atoms with Crippen LogP contribution in [0.2, 0.25) is 20.1 Å². The minimum Gasteiger partial charge on any atom is -0.368 e. The Hall–Kier alpha value is -7.38. The summed E-state index contributed by atoms with van der Waals surface area (Å²) in [6, 6.07) is 23.6. The highest BCUT2D eigenvalue weighted by molar-refractivity contribution is 6.37. The van der Waals surface area contributed by atoms with Gasteiger partial charge in [0, 0.05) is 81.3 Å². The van der Waals surface area contributed by atoms with Gasteiger partial charge < -0.3 is 20.6 Å². The maximum absolute atomic E-state index is 11.4. The normalized spacial score (nSPS) is 11.1. The van der Waals surface area contributed by atoms with Crippen molar-refractivity contribution in [1.29, 1.82) is 0 Å². The van der Waals surface area contributed by atoms with E-state index < -0.39 is 9.85 Å². The average molecular weight is 967 g/mol. The Bertz CT molecular complexity index is 2850. The molecule has 8 aromatic rings. The highest BCUT2D eigenvalue weighted by Gasteiger charge is 2.26. The smallest absolute Gasteiger partial charge is 0.287 e. The van der Waals surface area contributed by atoms with Crippen LogP contribution < -0.4 is 20.7 Å². The summed E-state index contributed by atoms with van der Waals surface area (Å²) >= 11 is 26.5. The lowest BCUT2D eigenvalue weighted by Gasteiger charge is -2.37. The summed E-state index contributed by atoms with van der Waals surface area (Å²) in [5.41, 5.74) is 4.89. The number of aromatic nitrogens is 8. The van der Waals surface area contributed by atoms with Crippen LogP contribution in [-0.2, 0) is 0 Å². The number of H-pyrrole nitrogens is 2. The number of anilines is 4. The number of hydrazine groups is 1. The van der Waals surface area contributed by atoms with Crippen LogP contribution in [0.4, 0.5) is 34.6 Å². The van der Waals surface area contributed by atoms with Crippen molar-refractivity contribution in [2.24, 2.45) is 0 Å². The van der Waals surface area contributed by atoms with Gasteiger partial charge in [-0.2, -0.15) is 0 Å². The van der Waals surface area contributed by atoms with Gasteiger partial charge in [0.05, 0.1) is 44.4 Å². The first-order valence-electron chi connectivity index (χ1n) is 20.0. The van der Waals surface area contributed by atoms with Gasteiger partial charge in [0.15, 0.2) is 0 Å². The summed E-state index contributed by atoms with van der Waals surface area (Å²) in [7, 11) is 0. The maximum atomic E-state index is 11.4. The number of aryl methyl sites for hydroxylation is 2. The average Bonchev–Trinajstić information content (AvgIpc) is 3.94. The molecule has 18 nitrogen and oxygen atoms in total. The van der Waals surface area contributed by atoms with Crippen molar-refractivity contribution in [3.63, 3.8) is 0 Å². The number of rotatable bonds is 17. The van der Waals surface area contributed by atoms with Crippen LogP contribution in [0.3, 0.4) is 0 Å². The molecule has 0 aliphatic rings. The molecule has 66 heavy (non-hydrogen) atoms. The molecule has 2 aromatic carbocycles. The van der Waals surface area contributed by atoms with Gasteiger partial charge >= 0.3 is 0 Å². The molecule has 6 aromatic heterocycles. The standard InChI is InChI=1S/C44H36Cl4N14O4/c1-25-21-53-43(55-25)33-9-13-39(57-41(33)31-7-3-27(45)19-35(31)47)59(17-15-49-37-11-5-29(23-51-37)61(63)64)60(18-16-50-38-12-6-30(24-52-38)62(65)66)40-14-10-34(44-54-22-26(2)56-44)42(58-40)32-8-4-28(46)20-36(32)48/h3-14,19-24H,15-18H2,1-2H3,(H,49,51)(H,50,52)(H,53,55)(H,54,56). The molecule has 0 bridgehead atoms. The van der Waals surface area contributed by atoms with Crippen molar-refractivity contribution in [3.8, 4) is 45.3 Å². The first-order chi connectivity index (χ1) is 31.8. The largest absolute Gasteiger partial charge is 0.368 e. The minimum atomic E-state index is -0.517. The lowest BCUT2D eigenvalue weighted by molar-refractivity contribution is -0.385. The topological polar surface area (TPSA) is 226 Å². The fourth-order valence-electron chi connectivity index (χ4n) is 6.94. The number of benzene rings is 2. The molecular weight excluding hydrogens is 930 g/mol. The number of imidazole rings is 2. The molecule has 0 amide bonds. The van der Waals surface area contributed by atoms with E-state index in [0.717, 1.165) is 11.4 Å². The number of hydrogen-bond donors (Lipinski definition) is 4. The van der Waals surface area contributed by atoms with Crippen LogP contribution in [0.1, 0.15) is 11.4 Å². The molecule has 0 spiro atoms. The quantitative estimate of drug-likeness (QED) is 0.0492. The van der Waals surface area contributed by atoms with Gasteiger partial charge in [-0.1, -0.05) is 46.4 Å². The molecule has 0 saturated carbocycles. The Labute approximate surface area is 396 Å². The highest BCUT2D eigenvalue weighted by Crippen LogP contribution is 2.39. The Balaban J connectivity index is 1.29. The number of aromatic amines is 2. The van der Waals surface area contributed by atoms with E-state index in [1.807, 2.05) is 48.1 Å². The van der Waals surface area contributed by atoms with Crippen molar-refractivity contribution in [1.82, 2.24) is 39.9 Å². The van der Waals surface area contributed by atoms with Gasteiger partial charge in [0.25, 0.3) is 11.4 Å². The Morgan fingerprint density at radius 3 is 1.29 bits per heavy atom. The maximum Gasteiger partial charge on any atom is 0.287 e. The fourth-order valence-corrected chi connectivity index (χ4v) is 7.93. The van der Waals surface area contributed by atoms with E-state index >= 15 is 0 Å². The lowest BCUT2D eigenvalue weighted by atomic mass is 10.0. The SMILES string of the molecule is Cc1cnc(-c2ccc(N(CCNc3ccc([N+](=O)[O-])cn3)N(CCNc3ccc([N+](=O)[O-])cn3)c3ccc(-c4ncc(C)[nH]4)c(-c4ccc(Cl)cc4Cl)n3)nc2-c2ccc(Cl)cc2Cl)[nH]1. The number of nitro groups is 2. The summed E-state index contributed by atoms with van der Waals surface area (Å²) in [6.07, 6.45) is 5.80. The van der Waals surface area contributed by atoms with Crippen molar-refractivity contribution in [2.75, 3.05) is 46.8 Å². The molecule has 0 fully saturated rings. The monoisotopic (exact) mass is 964 g/mol. The predicted molar refractivity (Wildman–Crippen MR) is 257 cm³/mol. The number of nitrogens with one attached hydrogen (secondary N) is 4. The van der Waals surface area contributed by atoms with Crippen molar-refractivity contribution in [3.05, 3.63) is 161 Å². The van der Waals surface area contributed by atoms with Crippen LogP contribution in [0, 0.1) is 34.1 Å². The van der Waals surface area contributed by atoms with Crippen LogP contribution in [0.5, 0.6) is 0 Å². The molecule has 0 radical (unpaired) electrons. The summed E-state index contributed by atoms with van der Waals surface area (Å²) in [5, 5.41) is 34.8. The molecule has 0 saturated heterocycles. The van der Waals surface area contributed by atoms with Crippen LogP contribution in [0.15, 0.2) is 110 Å². The molecule has 334 valence electrons. The first kappa shape index (κ1) is 45.2. The molecular formula is C44H36Cl4N14O4. The first-order valence-corrected chi connectivity index (χ1v) is 21.5. The van der Waals surface area contributed by atoms with Gasteiger partial charge in [-0.25, -0.2) is 29.9 Å². The van der Waals surface area contributed by atoms with E-state index in [-0.39, 0.29) is 37.6 Å². The van der Waals surface area contributed by atoms with Crippen molar-refractivity contribution in [2.45, 2.75) is 13.8 Å². The second kappa shape index (κ2) is 19.8. The molecule has 0 atom stereocenters. The molecule has 6 heterocycles. The Kier molecular flexibility index (Phi) is 13.6. The van der Waals surface area contributed by atoms with Gasteiger partial charge in [-0.3, -0.25) is 30.2 Å². The molecule has 8 rings (SSSR count). The lowest BCUT2D eigenvalue weighted by Crippen LogP contribution is -2.48. The van der Waals surface area contributed by atoms with E-state index in [9.17, 15) is 20.2 Å². The Morgan fingerprint density at radius 2 is 0.955 bits per heavy atom. The zero-order valence-corrected chi connectivity index (χ0v) is 37.9. The summed E-state index contributed by atoms with van der Waals surface area (Å²) < 4.78 is 0. The third-order valence-electron chi connectivity index (χ3n) is 10.0. The van der Waals surface area contributed by atoms with E-state index in [1.54, 1.807) is 48.8 Å². The van der Waals surface area contributed by atoms with E-state index in [4.69, 9.17) is 56.4 Å². The minimum absolute atomic E-state index is 0.149. The van der Waals surface area contributed by atoms with Gasteiger partial charge in [0.1, 0.15) is 47.3 Å². The predicted octanol–water partition coefficient (Wildman–Crippen LogP) is 10.9. The molecule has 4 N–H and O–H groups in total. The highest BCUT2D eigenvalue weighted by atomic mass is 35.5. The third-order valence-corrected chi connectivity index (χ3v) is 11.1. The Morgan fingerprint density at radius 1 is 0.545 bits per heavy atom. The second-order valence-corrected chi connectivity index (χ2v) is 16.3. The van der Waals surface area contributed by atoms with Gasteiger partial charge in [0.2, 0.25) is 0 Å². The van der Waals surface area contributed by atoms with Crippen molar-refractivity contribution >= 4 is 81.0 Å². The summed E-state index contributed by atoms with van der Waals surface area (Å²) in [5.74, 6) is 2.84. The fraction of sp³-hybridized carbons (Fsp3) is 0.136. The van der Waals surface area contributed by atoms with Crippen molar-refractivity contribution < 1.29 is 9.85 Å². The van der Waals surface area contributed by atoms with E-state index in [0.29, 0.717) is 88.7 Å². The number of nitrogens with zero attached hydrogens (tertiary/aromatic N) is 10. The number of hydrogen-bond acceptors (Lipinski definition) is 14. The molecule has 0 aliphatic carbocycles. The van der Waals surface area contributed by atoms with E-state index in [1.165, 1.54) is 36.7 Å². The summed E-state index contributed by atoms with van der Waals surface area (Å²) in [6.45, 7) is 4.72. The van der Waals surface area contributed by atoms with Crippen LogP contribution >= 0.6 is 46.4 Å². The zero-order chi connectivity index (χ0) is 46.5. The number of halogens is 4. The second-order valence-electron chi connectivity index (χ2n) is 14.6.